The molecule has 0 saturated heterocycles. The van der Waals surface area contributed by atoms with Crippen LogP contribution in [0.1, 0.15) is 31.4 Å². The molecule has 0 aliphatic rings. The van der Waals surface area contributed by atoms with Crippen LogP contribution in [0.2, 0.25) is 0 Å². The molecule has 1 N–H and O–H groups in total. The van der Waals surface area contributed by atoms with Crippen molar-refractivity contribution in [3.05, 3.63) is 35.4 Å². The number of aliphatic hydroxyl groups excluding tert-OH is 1. The zero-order valence-corrected chi connectivity index (χ0v) is 10.6. The van der Waals surface area contributed by atoms with E-state index in [9.17, 15) is 0 Å². The molecular weight excluding hydrogens is 212 g/mol. The molecule has 0 atom stereocenters. The van der Waals surface area contributed by atoms with Crippen molar-refractivity contribution >= 4 is 0 Å². The highest BCUT2D eigenvalue weighted by Crippen LogP contribution is 2.10. The van der Waals surface area contributed by atoms with Gasteiger partial charge < -0.3 is 5.11 Å². The normalized spacial score (nSPS) is 10.8. The van der Waals surface area contributed by atoms with Crippen LogP contribution in [0.15, 0.2) is 24.3 Å². The van der Waals surface area contributed by atoms with Gasteiger partial charge in [-0.25, -0.2) is 0 Å². The number of hydrogen-bond donors (Lipinski definition) is 1. The summed E-state index contributed by atoms with van der Waals surface area (Å²) in [6.07, 6.45) is 0.562. The fourth-order valence-electron chi connectivity index (χ4n) is 1.70. The van der Waals surface area contributed by atoms with Crippen LogP contribution >= 0.6 is 0 Å². The molecule has 0 heterocycles. The van der Waals surface area contributed by atoms with Gasteiger partial charge in [-0.1, -0.05) is 24.3 Å². The van der Waals surface area contributed by atoms with Crippen LogP contribution in [0, 0.1) is 11.3 Å². The van der Waals surface area contributed by atoms with E-state index in [1.165, 1.54) is 5.56 Å². The lowest BCUT2D eigenvalue weighted by molar-refractivity contribution is 0.218. The van der Waals surface area contributed by atoms with Crippen LogP contribution in [0.5, 0.6) is 0 Å². The summed E-state index contributed by atoms with van der Waals surface area (Å²) in [5.74, 6) is 0. The monoisotopic (exact) mass is 232 g/mol. The Kier molecular flexibility index (Phi) is 5.68. The van der Waals surface area contributed by atoms with Gasteiger partial charge in [0.2, 0.25) is 0 Å². The number of nitrogens with zero attached hydrogens (tertiary/aromatic N) is 2. The van der Waals surface area contributed by atoms with E-state index in [1.807, 2.05) is 24.3 Å². The van der Waals surface area contributed by atoms with Gasteiger partial charge in [-0.3, -0.25) is 4.90 Å². The summed E-state index contributed by atoms with van der Waals surface area (Å²) in [5, 5.41) is 17.6. The second kappa shape index (κ2) is 7.05. The van der Waals surface area contributed by atoms with E-state index in [4.69, 9.17) is 10.4 Å². The minimum absolute atomic E-state index is 0.0859. The lowest BCUT2D eigenvalue weighted by Crippen LogP contribution is -2.31. The molecule has 3 heteroatoms. The molecular formula is C14H20N2O. The molecule has 1 aromatic carbocycles. The molecule has 0 spiro atoms. The van der Waals surface area contributed by atoms with Crippen LogP contribution in [-0.4, -0.2) is 22.6 Å². The first kappa shape index (κ1) is 13.7. The molecule has 1 rings (SSSR count). The zero-order chi connectivity index (χ0) is 12.7. The highest BCUT2D eigenvalue weighted by Gasteiger charge is 2.09. The number of nitriles is 1. The molecule has 0 aliphatic carbocycles. The maximum atomic E-state index is 8.97. The molecule has 0 fully saturated rings. The van der Waals surface area contributed by atoms with Crippen LogP contribution in [0.25, 0.3) is 0 Å². The Morgan fingerprint density at radius 1 is 1.24 bits per heavy atom. The highest BCUT2D eigenvalue weighted by atomic mass is 16.3. The average molecular weight is 232 g/mol. The van der Waals surface area contributed by atoms with E-state index in [1.54, 1.807) is 0 Å². The largest absolute Gasteiger partial charge is 0.392 e. The first-order chi connectivity index (χ1) is 8.17. The summed E-state index contributed by atoms with van der Waals surface area (Å²) in [4.78, 5) is 2.27. The standard InChI is InChI=1S/C14H20N2O/c1-12(2)16(9-3-8-15)10-13-4-6-14(11-17)7-5-13/h4-7,12,17H,3,9-11H2,1-2H3. The van der Waals surface area contributed by atoms with E-state index in [0.717, 1.165) is 18.7 Å². The van der Waals surface area contributed by atoms with Gasteiger partial charge in [0.25, 0.3) is 0 Å². The molecule has 0 amide bonds. The first-order valence-electron chi connectivity index (χ1n) is 5.97. The fourth-order valence-corrected chi connectivity index (χ4v) is 1.70. The lowest BCUT2D eigenvalue weighted by Gasteiger charge is -2.25. The lowest BCUT2D eigenvalue weighted by atomic mass is 10.1. The minimum atomic E-state index is 0.0859. The Labute approximate surface area is 103 Å². The third kappa shape index (κ3) is 4.56. The quantitative estimate of drug-likeness (QED) is 0.818. The van der Waals surface area contributed by atoms with E-state index >= 15 is 0 Å². The molecule has 1 aromatic rings. The Hall–Kier alpha value is -1.37. The van der Waals surface area contributed by atoms with Gasteiger partial charge in [-0.15, -0.1) is 0 Å². The molecule has 92 valence electrons. The summed E-state index contributed by atoms with van der Waals surface area (Å²) in [6.45, 7) is 6.02. The molecule has 0 bridgehead atoms. The molecule has 3 nitrogen and oxygen atoms in total. The van der Waals surface area contributed by atoms with Gasteiger partial charge >= 0.3 is 0 Å². The predicted molar refractivity (Wildman–Crippen MR) is 68.1 cm³/mol. The van der Waals surface area contributed by atoms with Crippen molar-refractivity contribution in [1.29, 1.82) is 5.26 Å². The minimum Gasteiger partial charge on any atom is -0.392 e. The van der Waals surface area contributed by atoms with Crippen molar-refractivity contribution in [1.82, 2.24) is 4.90 Å². The van der Waals surface area contributed by atoms with Gasteiger partial charge in [-0.2, -0.15) is 5.26 Å². The van der Waals surface area contributed by atoms with E-state index < -0.39 is 0 Å². The second-order valence-electron chi connectivity index (χ2n) is 4.45. The van der Waals surface area contributed by atoms with E-state index in [2.05, 4.69) is 24.8 Å². The summed E-state index contributed by atoms with van der Waals surface area (Å²) in [7, 11) is 0. The number of hydrogen-bond acceptors (Lipinski definition) is 3. The maximum Gasteiger partial charge on any atom is 0.0681 e. The van der Waals surface area contributed by atoms with Crippen molar-refractivity contribution < 1.29 is 5.11 Å². The Morgan fingerprint density at radius 3 is 2.29 bits per heavy atom. The van der Waals surface area contributed by atoms with Crippen molar-refractivity contribution in [3.8, 4) is 6.07 Å². The van der Waals surface area contributed by atoms with Crippen LogP contribution < -0.4 is 0 Å². The smallest absolute Gasteiger partial charge is 0.0681 e. The van der Waals surface area contributed by atoms with Crippen molar-refractivity contribution in [3.63, 3.8) is 0 Å². The van der Waals surface area contributed by atoms with Crippen molar-refractivity contribution in [2.75, 3.05) is 6.54 Å². The number of benzene rings is 1. The highest BCUT2D eigenvalue weighted by molar-refractivity contribution is 5.21. The van der Waals surface area contributed by atoms with Gasteiger partial charge in [0.05, 0.1) is 12.7 Å². The summed E-state index contributed by atoms with van der Waals surface area (Å²) in [6, 6.07) is 10.6. The second-order valence-corrected chi connectivity index (χ2v) is 4.45. The average Bonchev–Trinajstić information content (AvgIpc) is 2.35. The van der Waals surface area contributed by atoms with Gasteiger partial charge in [0.15, 0.2) is 0 Å². The number of rotatable bonds is 6. The Balaban J connectivity index is 2.62. The molecule has 0 saturated carbocycles. The summed E-state index contributed by atoms with van der Waals surface area (Å²) >= 11 is 0. The third-order valence-corrected chi connectivity index (χ3v) is 2.83. The topological polar surface area (TPSA) is 47.3 Å². The maximum absolute atomic E-state index is 8.97. The molecule has 0 radical (unpaired) electrons. The van der Waals surface area contributed by atoms with Crippen molar-refractivity contribution in [2.45, 2.75) is 39.5 Å². The van der Waals surface area contributed by atoms with Crippen LogP contribution in [0.4, 0.5) is 0 Å². The van der Waals surface area contributed by atoms with Gasteiger partial charge in [-0.05, 0) is 25.0 Å². The van der Waals surface area contributed by atoms with Crippen molar-refractivity contribution in [2.24, 2.45) is 0 Å². The zero-order valence-electron chi connectivity index (χ0n) is 10.6. The Morgan fingerprint density at radius 2 is 1.82 bits per heavy atom. The van der Waals surface area contributed by atoms with Gasteiger partial charge in [0.1, 0.15) is 0 Å². The predicted octanol–water partition coefficient (Wildman–Crippen LogP) is 2.30. The summed E-state index contributed by atoms with van der Waals surface area (Å²) < 4.78 is 0. The number of aliphatic hydroxyl groups is 1. The molecule has 0 unspecified atom stereocenters. The SMILES string of the molecule is CC(C)N(CCC#N)Cc1ccc(CO)cc1. The van der Waals surface area contributed by atoms with E-state index in [-0.39, 0.29) is 6.61 Å². The summed E-state index contributed by atoms with van der Waals surface area (Å²) in [5.41, 5.74) is 2.15. The molecule has 17 heavy (non-hydrogen) atoms. The van der Waals surface area contributed by atoms with Crippen LogP contribution in [0.3, 0.4) is 0 Å². The first-order valence-corrected chi connectivity index (χ1v) is 5.97. The molecule has 0 aromatic heterocycles. The molecule has 0 aliphatic heterocycles. The Bertz CT molecular complexity index is 365. The third-order valence-electron chi connectivity index (χ3n) is 2.83. The van der Waals surface area contributed by atoms with Crippen LogP contribution in [-0.2, 0) is 13.2 Å². The fraction of sp³-hybridized carbons (Fsp3) is 0.500. The van der Waals surface area contributed by atoms with Gasteiger partial charge in [0, 0.05) is 25.6 Å². The van der Waals surface area contributed by atoms with E-state index in [0.29, 0.717) is 12.5 Å².